The molecule has 1 aromatic carbocycles. The van der Waals surface area contributed by atoms with Crippen molar-refractivity contribution in [3.05, 3.63) is 35.4 Å². The van der Waals surface area contributed by atoms with Crippen molar-refractivity contribution in [3.63, 3.8) is 0 Å². The largest absolute Gasteiger partial charge is 0.334 e. The maximum atomic E-state index is 12.1. The van der Waals surface area contributed by atoms with E-state index >= 15 is 0 Å². The second-order valence-corrected chi connectivity index (χ2v) is 5.24. The van der Waals surface area contributed by atoms with Crippen molar-refractivity contribution in [1.29, 1.82) is 0 Å². The molecule has 3 heteroatoms. The van der Waals surface area contributed by atoms with Crippen LogP contribution in [0.2, 0.25) is 0 Å². The average molecular weight is 246 g/mol. The summed E-state index contributed by atoms with van der Waals surface area (Å²) in [6.07, 6.45) is 2.60. The van der Waals surface area contributed by atoms with Crippen molar-refractivity contribution >= 4 is 5.91 Å². The summed E-state index contributed by atoms with van der Waals surface area (Å²) >= 11 is 0. The first-order valence-corrected chi connectivity index (χ1v) is 6.75. The Bertz CT molecular complexity index is 392. The van der Waals surface area contributed by atoms with Crippen LogP contribution in [0.25, 0.3) is 0 Å². The summed E-state index contributed by atoms with van der Waals surface area (Å²) < 4.78 is 0. The number of nitrogens with zero attached hydrogens (tertiary/aromatic N) is 1. The number of hydrogen-bond acceptors (Lipinski definition) is 2. The summed E-state index contributed by atoms with van der Waals surface area (Å²) in [5.74, 6) is 0.819. The highest BCUT2D eigenvalue weighted by Crippen LogP contribution is 2.23. The van der Waals surface area contributed by atoms with Gasteiger partial charge in [0.2, 0.25) is 5.91 Å². The average Bonchev–Trinajstić information content (AvgIpc) is 2.80. The van der Waals surface area contributed by atoms with Gasteiger partial charge in [-0.1, -0.05) is 31.2 Å². The van der Waals surface area contributed by atoms with Gasteiger partial charge < -0.3 is 10.6 Å². The van der Waals surface area contributed by atoms with Crippen molar-refractivity contribution < 1.29 is 4.79 Å². The van der Waals surface area contributed by atoms with E-state index in [1.165, 1.54) is 11.1 Å². The summed E-state index contributed by atoms with van der Waals surface area (Å²) in [7, 11) is 0. The lowest BCUT2D eigenvalue weighted by atomic mass is 10.0. The Kier molecular flexibility index (Phi) is 4.37. The van der Waals surface area contributed by atoms with Gasteiger partial charge in [0.1, 0.15) is 0 Å². The first kappa shape index (κ1) is 13.1. The monoisotopic (exact) mass is 246 g/mol. The van der Waals surface area contributed by atoms with Crippen LogP contribution in [0.5, 0.6) is 0 Å². The van der Waals surface area contributed by atoms with Gasteiger partial charge in [-0.25, -0.2) is 0 Å². The number of carbonyl (C=O) groups excluding carboxylic acids is 1. The molecule has 18 heavy (non-hydrogen) atoms. The molecule has 1 unspecified atom stereocenters. The fourth-order valence-electron chi connectivity index (χ4n) is 2.47. The first-order chi connectivity index (χ1) is 8.70. The zero-order chi connectivity index (χ0) is 13.0. The molecule has 1 atom stereocenters. The molecular formula is C15H22N2O. The molecule has 0 saturated carbocycles. The van der Waals surface area contributed by atoms with Crippen LogP contribution in [0, 0.1) is 5.92 Å². The van der Waals surface area contributed by atoms with Crippen LogP contribution in [0.4, 0.5) is 0 Å². The van der Waals surface area contributed by atoms with E-state index in [0.29, 0.717) is 18.9 Å². The molecule has 0 aromatic heterocycles. The van der Waals surface area contributed by atoms with Gasteiger partial charge in [0.05, 0.1) is 0 Å². The van der Waals surface area contributed by atoms with Crippen LogP contribution in [-0.2, 0) is 17.9 Å². The SMILES string of the molecule is CC(CCN)CCC(=O)N1Cc2ccccc2C1. The molecule has 1 aliphatic rings. The minimum atomic E-state index is 0.273. The van der Waals surface area contributed by atoms with E-state index < -0.39 is 0 Å². The van der Waals surface area contributed by atoms with E-state index in [1.54, 1.807) is 0 Å². The van der Waals surface area contributed by atoms with Gasteiger partial charge >= 0.3 is 0 Å². The van der Waals surface area contributed by atoms with E-state index in [4.69, 9.17) is 5.73 Å². The van der Waals surface area contributed by atoms with Crippen molar-refractivity contribution in [3.8, 4) is 0 Å². The molecule has 0 radical (unpaired) electrons. The fourth-order valence-corrected chi connectivity index (χ4v) is 2.47. The third-order valence-electron chi connectivity index (χ3n) is 3.70. The van der Waals surface area contributed by atoms with Crippen molar-refractivity contribution in [1.82, 2.24) is 4.90 Å². The minimum absolute atomic E-state index is 0.273. The molecule has 3 nitrogen and oxygen atoms in total. The van der Waals surface area contributed by atoms with Gasteiger partial charge in [0.25, 0.3) is 0 Å². The summed E-state index contributed by atoms with van der Waals surface area (Å²) in [5.41, 5.74) is 8.11. The zero-order valence-electron chi connectivity index (χ0n) is 11.1. The first-order valence-electron chi connectivity index (χ1n) is 6.75. The molecule has 0 bridgehead atoms. The number of benzene rings is 1. The summed E-state index contributed by atoms with van der Waals surface area (Å²) in [5, 5.41) is 0. The van der Waals surface area contributed by atoms with E-state index in [1.807, 2.05) is 17.0 Å². The van der Waals surface area contributed by atoms with E-state index in [0.717, 1.165) is 25.9 Å². The normalized spacial score (nSPS) is 15.6. The summed E-state index contributed by atoms with van der Waals surface area (Å²) in [6, 6.07) is 8.30. The number of fused-ring (bicyclic) bond motifs is 1. The number of nitrogens with two attached hydrogens (primary N) is 1. The quantitative estimate of drug-likeness (QED) is 0.866. The highest BCUT2D eigenvalue weighted by Gasteiger charge is 2.22. The molecule has 0 aliphatic carbocycles. The number of carbonyl (C=O) groups is 1. The minimum Gasteiger partial charge on any atom is -0.334 e. The van der Waals surface area contributed by atoms with Crippen LogP contribution >= 0.6 is 0 Å². The maximum Gasteiger partial charge on any atom is 0.223 e. The predicted molar refractivity (Wildman–Crippen MR) is 72.8 cm³/mol. The molecule has 0 saturated heterocycles. The maximum absolute atomic E-state index is 12.1. The Hall–Kier alpha value is -1.35. The molecule has 2 N–H and O–H groups in total. The lowest BCUT2D eigenvalue weighted by Crippen LogP contribution is -2.25. The van der Waals surface area contributed by atoms with Crippen molar-refractivity contribution in [2.45, 2.75) is 39.3 Å². The Labute approximate surface area is 109 Å². The van der Waals surface area contributed by atoms with Crippen LogP contribution in [0.3, 0.4) is 0 Å². The Morgan fingerprint density at radius 1 is 1.28 bits per heavy atom. The number of rotatable bonds is 5. The Morgan fingerprint density at radius 3 is 2.44 bits per heavy atom. The molecule has 1 aromatic rings. The Balaban J connectivity index is 1.82. The van der Waals surface area contributed by atoms with E-state index in [9.17, 15) is 4.79 Å². The fraction of sp³-hybridized carbons (Fsp3) is 0.533. The van der Waals surface area contributed by atoms with Gasteiger partial charge in [-0.3, -0.25) is 4.79 Å². The van der Waals surface area contributed by atoms with Crippen molar-refractivity contribution in [2.75, 3.05) is 6.54 Å². The van der Waals surface area contributed by atoms with Gasteiger partial charge in [-0.2, -0.15) is 0 Å². The van der Waals surface area contributed by atoms with Gasteiger partial charge in [-0.15, -0.1) is 0 Å². The standard InChI is InChI=1S/C15H22N2O/c1-12(8-9-16)6-7-15(18)17-10-13-4-2-3-5-14(13)11-17/h2-5,12H,6-11,16H2,1H3. The van der Waals surface area contributed by atoms with Crippen LogP contribution in [0.1, 0.15) is 37.3 Å². The lowest BCUT2D eigenvalue weighted by Gasteiger charge is -2.17. The highest BCUT2D eigenvalue weighted by atomic mass is 16.2. The third kappa shape index (κ3) is 3.10. The number of hydrogen-bond donors (Lipinski definition) is 1. The smallest absolute Gasteiger partial charge is 0.223 e. The predicted octanol–water partition coefficient (Wildman–Crippen LogP) is 2.29. The van der Waals surface area contributed by atoms with Gasteiger partial charge in [0.15, 0.2) is 0 Å². The number of amides is 1. The third-order valence-corrected chi connectivity index (χ3v) is 3.70. The second kappa shape index (κ2) is 6.01. The van der Waals surface area contributed by atoms with E-state index in [-0.39, 0.29) is 5.91 Å². The highest BCUT2D eigenvalue weighted by molar-refractivity contribution is 5.76. The lowest BCUT2D eigenvalue weighted by molar-refractivity contribution is -0.132. The van der Waals surface area contributed by atoms with Gasteiger partial charge in [-0.05, 0) is 36.4 Å². The molecule has 0 fully saturated rings. The molecule has 1 amide bonds. The Morgan fingerprint density at radius 2 is 1.89 bits per heavy atom. The summed E-state index contributed by atoms with van der Waals surface area (Å²) in [6.45, 7) is 4.43. The van der Waals surface area contributed by atoms with Crippen molar-refractivity contribution in [2.24, 2.45) is 11.7 Å². The zero-order valence-corrected chi connectivity index (χ0v) is 11.1. The van der Waals surface area contributed by atoms with Crippen LogP contribution < -0.4 is 5.73 Å². The van der Waals surface area contributed by atoms with Gasteiger partial charge in [0, 0.05) is 19.5 Å². The van der Waals surface area contributed by atoms with Crippen LogP contribution in [-0.4, -0.2) is 17.4 Å². The topological polar surface area (TPSA) is 46.3 Å². The molecule has 1 aliphatic heterocycles. The van der Waals surface area contributed by atoms with E-state index in [2.05, 4.69) is 19.1 Å². The molecule has 2 rings (SSSR count). The van der Waals surface area contributed by atoms with Crippen LogP contribution in [0.15, 0.2) is 24.3 Å². The molecule has 1 heterocycles. The molecular weight excluding hydrogens is 224 g/mol. The molecule has 0 spiro atoms. The molecule has 98 valence electrons. The summed E-state index contributed by atoms with van der Waals surface area (Å²) in [4.78, 5) is 14.1. The second-order valence-electron chi connectivity index (χ2n) is 5.24.